The van der Waals surface area contributed by atoms with Gasteiger partial charge in [0.15, 0.2) is 0 Å². The van der Waals surface area contributed by atoms with Crippen molar-refractivity contribution >= 4 is 0 Å². The fourth-order valence-electron chi connectivity index (χ4n) is 2.48. The van der Waals surface area contributed by atoms with E-state index in [9.17, 15) is 0 Å². The van der Waals surface area contributed by atoms with Crippen LogP contribution in [0.25, 0.3) is 0 Å². The molecule has 0 saturated carbocycles. The smallest absolute Gasteiger partial charge is 0.0875 e. The summed E-state index contributed by atoms with van der Waals surface area (Å²) in [4.78, 5) is 0. The molecule has 0 aliphatic rings. The van der Waals surface area contributed by atoms with Gasteiger partial charge in [0.2, 0.25) is 0 Å². The van der Waals surface area contributed by atoms with Gasteiger partial charge in [0.05, 0.1) is 25.7 Å². The number of hydrogen-bond donors (Lipinski definition) is 0. The van der Waals surface area contributed by atoms with Gasteiger partial charge in [0.1, 0.15) is 0 Å². The summed E-state index contributed by atoms with van der Waals surface area (Å²) in [5.41, 5.74) is 2.88. The van der Waals surface area contributed by atoms with Crippen molar-refractivity contribution in [1.29, 1.82) is 0 Å². The number of rotatable bonds is 16. The van der Waals surface area contributed by atoms with Crippen molar-refractivity contribution in [3.8, 4) is 0 Å². The Morgan fingerprint density at radius 2 is 1.17 bits per heavy atom. The lowest BCUT2D eigenvalue weighted by Gasteiger charge is -2.12. The molecule has 0 aliphatic heterocycles. The van der Waals surface area contributed by atoms with Crippen LogP contribution in [-0.4, -0.2) is 13.2 Å². The molecule has 0 aliphatic carbocycles. The average Bonchev–Trinajstić information content (AvgIpc) is 2.60. The fraction of sp³-hybridized carbons (Fsp3) is 0.818. The molecule has 0 radical (unpaired) electrons. The summed E-state index contributed by atoms with van der Waals surface area (Å²) < 4.78 is 11.5. The quantitative estimate of drug-likeness (QED) is 0.215. The molecule has 0 bridgehead atoms. The lowest BCUT2D eigenvalue weighted by molar-refractivity contribution is 0.189. The maximum absolute atomic E-state index is 5.75. The molecular weight excluding hydrogens is 296 g/mol. The van der Waals surface area contributed by atoms with E-state index in [1.165, 1.54) is 49.7 Å². The van der Waals surface area contributed by atoms with E-state index >= 15 is 0 Å². The Labute approximate surface area is 151 Å². The van der Waals surface area contributed by atoms with Crippen LogP contribution < -0.4 is 0 Å². The number of hydrogen-bond acceptors (Lipinski definition) is 2. The minimum absolute atomic E-state index is 0.647. The summed E-state index contributed by atoms with van der Waals surface area (Å²) in [6, 6.07) is 0. The van der Waals surface area contributed by atoms with Crippen LogP contribution in [0.4, 0.5) is 0 Å². The van der Waals surface area contributed by atoms with Gasteiger partial charge >= 0.3 is 0 Å². The third-order valence-electron chi connectivity index (χ3n) is 4.57. The van der Waals surface area contributed by atoms with E-state index in [4.69, 9.17) is 9.47 Å². The van der Waals surface area contributed by atoms with Crippen molar-refractivity contribution in [2.24, 2.45) is 5.92 Å². The van der Waals surface area contributed by atoms with E-state index < -0.39 is 0 Å². The van der Waals surface area contributed by atoms with Gasteiger partial charge in [-0.25, -0.2) is 0 Å². The van der Waals surface area contributed by atoms with Crippen molar-refractivity contribution < 1.29 is 9.47 Å². The number of unbranched alkanes of at least 4 members (excludes halogenated alkanes) is 2. The molecule has 24 heavy (non-hydrogen) atoms. The number of allylic oxidation sites excluding steroid dienone is 2. The van der Waals surface area contributed by atoms with E-state index in [1.807, 2.05) is 12.5 Å². The van der Waals surface area contributed by atoms with E-state index in [2.05, 4.69) is 34.6 Å². The predicted octanol–water partition coefficient (Wildman–Crippen LogP) is 7.40. The second-order valence-corrected chi connectivity index (χ2v) is 6.89. The SMILES string of the molecule is CCCCC(=COCCC(C)CCOC=C(CC)CCCC)CC. The first kappa shape index (κ1) is 23.1. The standard InChI is InChI=1S/C22H42O2/c1-6-10-12-21(8-3)18-23-16-14-20(5)15-17-24-19-22(9-4)13-11-7-2/h18-20H,6-17H2,1-5H3. The van der Waals surface area contributed by atoms with Crippen LogP contribution in [-0.2, 0) is 9.47 Å². The van der Waals surface area contributed by atoms with E-state index in [0.29, 0.717) is 5.92 Å². The molecule has 0 rings (SSSR count). The zero-order valence-electron chi connectivity index (χ0n) is 17.0. The maximum atomic E-state index is 5.75. The lowest BCUT2D eigenvalue weighted by Crippen LogP contribution is -2.03. The van der Waals surface area contributed by atoms with Gasteiger partial charge in [-0.1, -0.05) is 47.5 Å². The van der Waals surface area contributed by atoms with Gasteiger partial charge in [-0.3, -0.25) is 0 Å². The van der Waals surface area contributed by atoms with Crippen molar-refractivity contribution in [1.82, 2.24) is 0 Å². The Bertz CT molecular complexity index is 299. The summed E-state index contributed by atoms with van der Waals surface area (Å²) in [5, 5.41) is 0. The molecule has 0 N–H and O–H groups in total. The minimum Gasteiger partial charge on any atom is -0.501 e. The highest BCUT2D eigenvalue weighted by Gasteiger charge is 2.03. The van der Waals surface area contributed by atoms with Crippen molar-refractivity contribution in [2.45, 2.75) is 98.8 Å². The molecular formula is C22H42O2. The minimum atomic E-state index is 0.647. The largest absolute Gasteiger partial charge is 0.501 e. The predicted molar refractivity (Wildman–Crippen MR) is 106 cm³/mol. The van der Waals surface area contributed by atoms with Gasteiger partial charge in [0, 0.05) is 0 Å². The maximum Gasteiger partial charge on any atom is 0.0875 e. The van der Waals surface area contributed by atoms with Gasteiger partial charge < -0.3 is 9.47 Å². The monoisotopic (exact) mass is 338 g/mol. The Morgan fingerprint density at radius 3 is 1.50 bits per heavy atom. The topological polar surface area (TPSA) is 18.5 Å². The first-order chi connectivity index (χ1) is 11.7. The molecule has 0 aromatic rings. The zero-order chi connectivity index (χ0) is 18.0. The van der Waals surface area contributed by atoms with Crippen LogP contribution in [0, 0.1) is 5.92 Å². The molecule has 0 fully saturated rings. The number of ether oxygens (including phenoxy) is 2. The molecule has 0 heterocycles. The Morgan fingerprint density at radius 1 is 0.750 bits per heavy atom. The zero-order valence-corrected chi connectivity index (χ0v) is 17.0. The molecule has 0 amide bonds. The molecule has 142 valence electrons. The second-order valence-electron chi connectivity index (χ2n) is 6.89. The van der Waals surface area contributed by atoms with E-state index in [-0.39, 0.29) is 0 Å². The van der Waals surface area contributed by atoms with Crippen molar-refractivity contribution in [2.75, 3.05) is 13.2 Å². The van der Waals surface area contributed by atoms with Gasteiger partial charge in [-0.2, -0.15) is 0 Å². The molecule has 0 aromatic carbocycles. The summed E-state index contributed by atoms with van der Waals surface area (Å²) in [6.45, 7) is 12.8. The molecule has 2 heteroatoms. The van der Waals surface area contributed by atoms with Crippen molar-refractivity contribution in [3.63, 3.8) is 0 Å². The summed E-state index contributed by atoms with van der Waals surface area (Å²) >= 11 is 0. The first-order valence-corrected chi connectivity index (χ1v) is 10.3. The first-order valence-electron chi connectivity index (χ1n) is 10.3. The van der Waals surface area contributed by atoms with Crippen LogP contribution in [0.3, 0.4) is 0 Å². The van der Waals surface area contributed by atoms with E-state index in [0.717, 1.165) is 38.9 Å². The molecule has 0 spiro atoms. The van der Waals surface area contributed by atoms with Crippen LogP contribution in [0.2, 0.25) is 0 Å². The highest BCUT2D eigenvalue weighted by atomic mass is 16.5. The third-order valence-corrected chi connectivity index (χ3v) is 4.57. The molecule has 0 saturated heterocycles. The van der Waals surface area contributed by atoms with Crippen LogP contribution in [0.1, 0.15) is 98.8 Å². The Kier molecular flexibility index (Phi) is 16.3. The summed E-state index contributed by atoms with van der Waals surface area (Å²) in [5.74, 6) is 0.647. The van der Waals surface area contributed by atoms with Gasteiger partial charge in [-0.05, 0) is 68.4 Å². The second kappa shape index (κ2) is 16.9. The highest BCUT2D eigenvalue weighted by molar-refractivity contribution is 4.97. The highest BCUT2D eigenvalue weighted by Crippen LogP contribution is 2.14. The molecule has 0 unspecified atom stereocenters. The van der Waals surface area contributed by atoms with Gasteiger partial charge in [0.25, 0.3) is 0 Å². The lowest BCUT2D eigenvalue weighted by atomic mass is 10.1. The normalized spacial score (nSPS) is 13.9. The third kappa shape index (κ3) is 13.5. The van der Waals surface area contributed by atoms with Gasteiger partial charge in [-0.15, -0.1) is 0 Å². The average molecular weight is 339 g/mol. The van der Waals surface area contributed by atoms with Crippen LogP contribution in [0.5, 0.6) is 0 Å². The summed E-state index contributed by atoms with van der Waals surface area (Å²) in [7, 11) is 0. The van der Waals surface area contributed by atoms with E-state index in [1.54, 1.807) is 0 Å². The van der Waals surface area contributed by atoms with Crippen LogP contribution in [0.15, 0.2) is 23.7 Å². The Hall–Kier alpha value is -0.920. The molecule has 2 nitrogen and oxygen atoms in total. The summed E-state index contributed by atoms with van der Waals surface area (Å²) in [6.07, 6.45) is 15.8. The fourth-order valence-corrected chi connectivity index (χ4v) is 2.48. The van der Waals surface area contributed by atoms with Crippen LogP contribution >= 0.6 is 0 Å². The Balaban J connectivity index is 3.80. The van der Waals surface area contributed by atoms with Crippen molar-refractivity contribution in [3.05, 3.63) is 23.7 Å². The molecule has 0 aromatic heterocycles. The molecule has 0 atom stereocenters.